The summed E-state index contributed by atoms with van der Waals surface area (Å²) >= 11 is 0. The molecule has 2 atom stereocenters. The summed E-state index contributed by atoms with van der Waals surface area (Å²) in [6, 6.07) is 12.0. The van der Waals surface area contributed by atoms with Crippen molar-refractivity contribution in [1.82, 2.24) is 0 Å². The lowest BCUT2D eigenvalue weighted by atomic mass is 10.0. The van der Waals surface area contributed by atoms with Crippen molar-refractivity contribution < 1.29 is 28.6 Å². The van der Waals surface area contributed by atoms with Crippen LogP contribution in [-0.4, -0.2) is 39.0 Å². The number of likely N-dealkylation sites (tertiary alicyclic amines) is 1. The Bertz CT molecular complexity index is 916. The van der Waals surface area contributed by atoms with E-state index in [1.165, 1.54) is 10.5 Å². The summed E-state index contributed by atoms with van der Waals surface area (Å²) < 4.78 is 22.3. The molecule has 29 heavy (non-hydrogen) atoms. The lowest BCUT2D eigenvalue weighted by Gasteiger charge is -2.22. The maximum Gasteiger partial charge on any atom is 0.279 e. The van der Waals surface area contributed by atoms with Crippen LogP contribution in [0.2, 0.25) is 0 Å². The predicted octanol–water partition coefficient (Wildman–Crippen LogP) is 1.94. The van der Waals surface area contributed by atoms with Gasteiger partial charge in [0.1, 0.15) is 6.04 Å². The lowest BCUT2D eigenvalue weighted by molar-refractivity contribution is -0.910. The number of rotatable bonds is 4. The Labute approximate surface area is 169 Å². The van der Waals surface area contributed by atoms with Crippen molar-refractivity contribution >= 4 is 11.6 Å². The SMILES string of the molecule is O=C(C[NH+]1CCC[C@H]1c1ccc2c(c1)OCCCO2)Nc1ccc2c(c1)OCO2. The van der Waals surface area contributed by atoms with E-state index in [2.05, 4.69) is 17.4 Å². The highest BCUT2D eigenvalue weighted by Gasteiger charge is 2.32. The zero-order valence-corrected chi connectivity index (χ0v) is 16.2. The first-order valence-corrected chi connectivity index (χ1v) is 10.2. The average Bonchev–Trinajstić information content (AvgIpc) is 3.31. The van der Waals surface area contributed by atoms with E-state index in [1.54, 1.807) is 6.07 Å². The van der Waals surface area contributed by atoms with Crippen LogP contribution in [0.3, 0.4) is 0 Å². The van der Waals surface area contributed by atoms with Crippen molar-refractivity contribution in [2.75, 3.05) is 38.4 Å². The van der Waals surface area contributed by atoms with Crippen LogP contribution in [0, 0.1) is 0 Å². The molecule has 3 aliphatic rings. The second-order valence-corrected chi connectivity index (χ2v) is 7.65. The Morgan fingerprint density at radius 2 is 1.69 bits per heavy atom. The van der Waals surface area contributed by atoms with Gasteiger partial charge in [0.15, 0.2) is 29.5 Å². The van der Waals surface area contributed by atoms with Crippen LogP contribution in [0.15, 0.2) is 36.4 Å². The Balaban J connectivity index is 1.26. The van der Waals surface area contributed by atoms with Gasteiger partial charge in [-0.2, -0.15) is 0 Å². The number of ether oxygens (including phenoxy) is 4. The van der Waals surface area contributed by atoms with Gasteiger partial charge >= 0.3 is 0 Å². The molecule has 3 heterocycles. The number of amides is 1. The fourth-order valence-electron chi connectivity index (χ4n) is 4.31. The molecule has 3 aliphatic heterocycles. The number of fused-ring (bicyclic) bond motifs is 2. The number of benzene rings is 2. The quantitative estimate of drug-likeness (QED) is 0.825. The Kier molecular flexibility index (Phi) is 4.89. The topological polar surface area (TPSA) is 70.5 Å². The third-order valence-corrected chi connectivity index (χ3v) is 5.70. The van der Waals surface area contributed by atoms with E-state index in [-0.39, 0.29) is 18.7 Å². The van der Waals surface area contributed by atoms with Crippen LogP contribution in [-0.2, 0) is 4.79 Å². The van der Waals surface area contributed by atoms with Gasteiger partial charge in [0.2, 0.25) is 6.79 Å². The molecule has 152 valence electrons. The summed E-state index contributed by atoms with van der Waals surface area (Å²) in [5.74, 6) is 3.01. The van der Waals surface area contributed by atoms with Crippen molar-refractivity contribution in [2.24, 2.45) is 0 Å². The van der Waals surface area contributed by atoms with E-state index in [1.807, 2.05) is 18.2 Å². The molecule has 2 aromatic rings. The van der Waals surface area contributed by atoms with Gasteiger partial charge in [-0.3, -0.25) is 4.79 Å². The van der Waals surface area contributed by atoms with Gasteiger partial charge in [0.05, 0.1) is 19.8 Å². The molecule has 1 fully saturated rings. The van der Waals surface area contributed by atoms with Crippen LogP contribution < -0.4 is 29.2 Å². The highest BCUT2D eigenvalue weighted by Crippen LogP contribution is 2.35. The summed E-state index contributed by atoms with van der Waals surface area (Å²) in [6.45, 7) is 2.99. The van der Waals surface area contributed by atoms with Crippen molar-refractivity contribution in [3.05, 3.63) is 42.0 Å². The first kappa shape index (κ1) is 18.1. The standard InChI is InChI=1S/C22H24N2O5/c25-22(23-16-5-7-19-21(12-16)29-14-28-19)13-24-8-1-3-17(24)15-4-6-18-20(11-15)27-10-2-9-26-18/h4-7,11-12,17H,1-3,8-10,13-14H2,(H,23,25)/p+1/t17-/m0/s1. The van der Waals surface area contributed by atoms with E-state index in [0.717, 1.165) is 43.0 Å². The number of hydrogen-bond acceptors (Lipinski definition) is 5. The van der Waals surface area contributed by atoms with Gasteiger partial charge in [-0.15, -0.1) is 0 Å². The first-order valence-electron chi connectivity index (χ1n) is 10.2. The zero-order valence-electron chi connectivity index (χ0n) is 16.2. The molecular formula is C22H25N2O5+. The average molecular weight is 397 g/mol. The van der Waals surface area contributed by atoms with Gasteiger partial charge < -0.3 is 29.2 Å². The Morgan fingerprint density at radius 3 is 2.62 bits per heavy atom. The minimum Gasteiger partial charge on any atom is -0.490 e. The van der Waals surface area contributed by atoms with E-state index < -0.39 is 0 Å². The van der Waals surface area contributed by atoms with E-state index in [0.29, 0.717) is 31.3 Å². The molecule has 0 saturated carbocycles. The smallest absolute Gasteiger partial charge is 0.279 e. The molecule has 0 aliphatic carbocycles. The molecule has 1 amide bonds. The summed E-state index contributed by atoms with van der Waals surface area (Å²) in [5.41, 5.74) is 1.93. The summed E-state index contributed by atoms with van der Waals surface area (Å²) in [5, 5.41) is 2.99. The zero-order chi connectivity index (χ0) is 19.6. The third kappa shape index (κ3) is 3.82. The van der Waals surface area contributed by atoms with Gasteiger partial charge in [-0.25, -0.2) is 0 Å². The maximum absolute atomic E-state index is 12.7. The number of quaternary nitrogens is 1. The predicted molar refractivity (Wildman–Crippen MR) is 106 cm³/mol. The summed E-state index contributed by atoms with van der Waals surface area (Å²) in [4.78, 5) is 14.0. The molecule has 7 nitrogen and oxygen atoms in total. The van der Waals surface area contributed by atoms with E-state index in [4.69, 9.17) is 18.9 Å². The van der Waals surface area contributed by atoms with E-state index >= 15 is 0 Å². The molecule has 1 saturated heterocycles. The molecule has 0 aromatic heterocycles. The number of carbonyl (C=O) groups is 1. The fourth-order valence-corrected chi connectivity index (χ4v) is 4.31. The Hall–Kier alpha value is -2.93. The molecule has 2 aromatic carbocycles. The second-order valence-electron chi connectivity index (χ2n) is 7.65. The van der Waals surface area contributed by atoms with Crippen LogP contribution in [0.1, 0.15) is 30.9 Å². The van der Waals surface area contributed by atoms with Crippen molar-refractivity contribution in [1.29, 1.82) is 0 Å². The minimum atomic E-state index is 0.000101. The van der Waals surface area contributed by atoms with Gasteiger partial charge in [0.25, 0.3) is 5.91 Å². The summed E-state index contributed by atoms with van der Waals surface area (Å²) in [6.07, 6.45) is 3.06. The summed E-state index contributed by atoms with van der Waals surface area (Å²) in [7, 11) is 0. The number of anilines is 1. The van der Waals surface area contributed by atoms with Crippen molar-refractivity contribution in [2.45, 2.75) is 25.3 Å². The molecular weight excluding hydrogens is 372 g/mol. The number of nitrogens with one attached hydrogen (secondary N) is 2. The molecule has 7 heteroatoms. The highest BCUT2D eigenvalue weighted by molar-refractivity contribution is 5.91. The second kappa shape index (κ2) is 7.83. The van der Waals surface area contributed by atoms with Crippen molar-refractivity contribution in [3.8, 4) is 23.0 Å². The van der Waals surface area contributed by atoms with Gasteiger partial charge in [-0.1, -0.05) is 0 Å². The number of carbonyl (C=O) groups excluding carboxylic acids is 1. The highest BCUT2D eigenvalue weighted by atomic mass is 16.7. The lowest BCUT2D eigenvalue weighted by Crippen LogP contribution is -3.11. The number of hydrogen-bond donors (Lipinski definition) is 2. The largest absolute Gasteiger partial charge is 0.490 e. The maximum atomic E-state index is 12.7. The third-order valence-electron chi connectivity index (χ3n) is 5.70. The van der Waals surface area contributed by atoms with E-state index in [9.17, 15) is 4.79 Å². The minimum absolute atomic E-state index is 0.000101. The normalized spacial score (nSPS) is 22.2. The van der Waals surface area contributed by atoms with Crippen LogP contribution >= 0.6 is 0 Å². The van der Waals surface area contributed by atoms with Crippen LogP contribution in [0.5, 0.6) is 23.0 Å². The van der Waals surface area contributed by atoms with Crippen LogP contribution in [0.25, 0.3) is 0 Å². The van der Waals surface area contributed by atoms with Crippen molar-refractivity contribution in [3.63, 3.8) is 0 Å². The Morgan fingerprint density at radius 1 is 0.931 bits per heavy atom. The van der Waals surface area contributed by atoms with Gasteiger partial charge in [-0.05, 0) is 30.3 Å². The van der Waals surface area contributed by atoms with Gasteiger partial charge in [0, 0.05) is 36.6 Å². The molecule has 0 bridgehead atoms. The molecule has 2 N–H and O–H groups in total. The molecule has 5 rings (SSSR count). The molecule has 1 unspecified atom stereocenters. The fraction of sp³-hybridized carbons (Fsp3) is 0.409. The molecule has 0 spiro atoms. The monoisotopic (exact) mass is 397 g/mol. The molecule has 0 radical (unpaired) electrons. The van der Waals surface area contributed by atoms with Crippen LogP contribution in [0.4, 0.5) is 5.69 Å². The first-order chi connectivity index (χ1) is 14.3.